The van der Waals surface area contributed by atoms with Crippen molar-refractivity contribution in [2.24, 2.45) is 35.5 Å². The average molecular weight is 425 g/mol. The molecule has 2 aliphatic rings. The third kappa shape index (κ3) is 6.17. The minimum absolute atomic E-state index is 0.774. The van der Waals surface area contributed by atoms with Gasteiger partial charge in [0.2, 0.25) is 0 Å². The predicted octanol–water partition coefficient (Wildman–Crippen LogP) is 9.65. The molecule has 0 aromatic heterocycles. The van der Waals surface area contributed by atoms with E-state index in [0.29, 0.717) is 0 Å². The van der Waals surface area contributed by atoms with Gasteiger partial charge < -0.3 is 0 Å². The van der Waals surface area contributed by atoms with Crippen molar-refractivity contribution < 1.29 is 0 Å². The van der Waals surface area contributed by atoms with Gasteiger partial charge in [-0.2, -0.15) is 0 Å². The van der Waals surface area contributed by atoms with Gasteiger partial charge in [0.15, 0.2) is 0 Å². The van der Waals surface area contributed by atoms with Crippen molar-refractivity contribution >= 4 is 0 Å². The van der Waals surface area contributed by atoms with E-state index in [1.54, 1.807) is 22.3 Å². The van der Waals surface area contributed by atoms with E-state index in [1.807, 2.05) is 0 Å². The average Bonchev–Trinajstić information content (AvgIpc) is 2.76. The molecule has 0 heterocycles. The summed E-state index contributed by atoms with van der Waals surface area (Å²) >= 11 is 0. The van der Waals surface area contributed by atoms with E-state index in [9.17, 15) is 0 Å². The maximum Gasteiger partial charge on any atom is -0.0159 e. The van der Waals surface area contributed by atoms with Gasteiger partial charge in [0.05, 0.1) is 0 Å². The van der Waals surface area contributed by atoms with E-state index in [2.05, 4.69) is 60.6 Å². The quantitative estimate of drug-likeness (QED) is 0.389. The van der Waals surface area contributed by atoms with Crippen molar-refractivity contribution in [3.05, 3.63) is 34.4 Å². The van der Waals surface area contributed by atoms with Gasteiger partial charge in [0, 0.05) is 0 Å². The van der Waals surface area contributed by atoms with Crippen molar-refractivity contribution in [2.45, 2.75) is 125 Å². The monoisotopic (exact) mass is 424 g/mol. The molecule has 0 saturated heterocycles. The van der Waals surface area contributed by atoms with Crippen molar-refractivity contribution in [1.82, 2.24) is 0 Å². The van der Waals surface area contributed by atoms with Crippen LogP contribution in [0.2, 0.25) is 0 Å². The summed E-state index contributed by atoms with van der Waals surface area (Å²) in [6, 6.07) is 5.03. The second-order valence-electron chi connectivity index (χ2n) is 12.0. The third-order valence-corrected chi connectivity index (χ3v) is 9.80. The summed E-state index contributed by atoms with van der Waals surface area (Å²) in [7, 11) is 0. The molecule has 2 fully saturated rings. The minimum Gasteiger partial charge on any atom is -0.0654 e. The van der Waals surface area contributed by atoms with Crippen LogP contribution in [0.3, 0.4) is 0 Å². The summed E-state index contributed by atoms with van der Waals surface area (Å²) in [5.41, 5.74) is 6.48. The Kier molecular flexibility index (Phi) is 9.12. The summed E-state index contributed by atoms with van der Waals surface area (Å²) in [6.07, 6.45) is 15.6. The van der Waals surface area contributed by atoms with Gasteiger partial charge in [0.25, 0.3) is 0 Å². The van der Waals surface area contributed by atoms with Crippen LogP contribution in [0.25, 0.3) is 0 Å². The lowest BCUT2D eigenvalue weighted by molar-refractivity contribution is 0.123. The molecule has 176 valence electrons. The Bertz CT molecular complexity index is 670. The Balaban J connectivity index is 1.68. The molecule has 1 aromatic rings. The van der Waals surface area contributed by atoms with Crippen LogP contribution in [0.1, 0.15) is 127 Å². The van der Waals surface area contributed by atoms with Gasteiger partial charge >= 0.3 is 0 Å². The van der Waals surface area contributed by atoms with E-state index < -0.39 is 0 Å². The molecule has 2 aliphatic carbocycles. The zero-order valence-corrected chi connectivity index (χ0v) is 22.0. The van der Waals surface area contributed by atoms with Gasteiger partial charge in [-0.15, -0.1) is 0 Å². The van der Waals surface area contributed by atoms with E-state index in [0.717, 1.165) is 41.4 Å². The molecule has 0 N–H and O–H groups in total. The molecule has 3 unspecified atom stereocenters. The van der Waals surface area contributed by atoms with Crippen LogP contribution >= 0.6 is 0 Å². The molecule has 3 rings (SSSR count). The first kappa shape index (κ1) is 24.9. The Morgan fingerprint density at radius 2 is 1.39 bits per heavy atom. The van der Waals surface area contributed by atoms with Crippen LogP contribution in [-0.2, 0) is 6.42 Å². The molecular formula is C31H52. The Hall–Kier alpha value is -0.780. The molecule has 0 aliphatic heterocycles. The van der Waals surface area contributed by atoms with E-state index >= 15 is 0 Å². The molecule has 3 atom stereocenters. The number of hydrogen-bond donors (Lipinski definition) is 0. The molecule has 0 spiro atoms. The number of benzene rings is 1. The number of rotatable bonds is 8. The first-order chi connectivity index (χ1) is 14.8. The summed E-state index contributed by atoms with van der Waals surface area (Å²) in [5, 5.41) is 0. The summed E-state index contributed by atoms with van der Waals surface area (Å²) in [5.74, 6) is 6.21. The summed E-state index contributed by atoms with van der Waals surface area (Å²) in [6.45, 7) is 17.2. The molecule has 0 nitrogen and oxygen atoms in total. The minimum atomic E-state index is 0.774. The van der Waals surface area contributed by atoms with Crippen molar-refractivity contribution in [2.75, 3.05) is 0 Å². The zero-order valence-electron chi connectivity index (χ0n) is 22.0. The molecule has 2 saturated carbocycles. The van der Waals surface area contributed by atoms with Gasteiger partial charge in [-0.1, -0.05) is 85.3 Å². The lowest BCUT2D eigenvalue weighted by Gasteiger charge is -2.39. The van der Waals surface area contributed by atoms with Crippen molar-refractivity contribution in [3.63, 3.8) is 0 Å². The lowest BCUT2D eigenvalue weighted by Crippen LogP contribution is -2.30. The normalized spacial score (nSPS) is 30.0. The summed E-state index contributed by atoms with van der Waals surface area (Å²) < 4.78 is 0. The van der Waals surface area contributed by atoms with Crippen molar-refractivity contribution in [1.29, 1.82) is 0 Å². The lowest BCUT2D eigenvalue weighted by atomic mass is 9.67. The third-order valence-electron chi connectivity index (χ3n) is 9.80. The standard InChI is InChI=1S/C31H52/c1-8-9-30(27-14-10-21(2)11-15-27)24(5)23(4)20-29-18-19-31(26(7)25(29)6)28-16-12-22(3)13-17-28/h18-19,21-24,27-28,30H,8-17,20H2,1-7H3. The van der Waals surface area contributed by atoms with Gasteiger partial charge in [-0.25, -0.2) is 0 Å². The van der Waals surface area contributed by atoms with Gasteiger partial charge in [-0.05, 0) is 110 Å². The molecule has 0 amide bonds. The Morgan fingerprint density at radius 3 is 1.97 bits per heavy atom. The van der Waals surface area contributed by atoms with Gasteiger partial charge in [-0.3, -0.25) is 0 Å². The first-order valence-corrected chi connectivity index (χ1v) is 13.9. The van der Waals surface area contributed by atoms with E-state index in [1.165, 1.54) is 70.6 Å². The van der Waals surface area contributed by atoms with Crippen molar-refractivity contribution in [3.8, 4) is 0 Å². The highest BCUT2D eigenvalue weighted by Gasteiger charge is 2.32. The molecule has 1 aromatic carbocycles. The molecule has 0 radical (unpaired) electrons. The van der Waals surface area contributed by atoms with E-state index in [-0.39, 0.29) is 0 Å². The topological polar surface area (TPSA) is 0 Å². The Labute approximate surface area is 195 Å². The fraction of sp³-hybridized carbons (Fsp3) is 0.806. The Morgan fingerprint density at radius 1 is 0.806 bits per heavy atom. The predicted molar refractivity (Wildman–Crippen MR) is 138 cm³/mol. The van der Waals surface area contributed by atoms with Crippen LogP contribution in [0.15, 0.2) is 12.1 Å². The van der Waals surface area contributed by atoms with Crippen LogP contribution < -0.4 is 0 Å². The molecule has 0 bridgehead atoms. The maximum absolute atomic E-state index is 2.59. The van der Waals surface area contributed by atoms with Crippen LogP contribution in [0.5, 0.6) is 0 Å². The second-order valence-corrected chi connectivity index (χ2v) is 12.0. The zero-order chi connectivity index (χ0) is 22.5. The van der Waals surface area contributed by atoms with Gasteiger partial charge in [0.1, 0.15) is 0 Å². The van der Waals surface area contributed by atoms with E-state index in [4.69, 9.17) is 0 Å². The number of hydrogen-bond acceptors (Lipinski definition) is 0. The fourth-order valence-electron chi connectivity index (χ4n) is 7.06. The summed E-state index contributed by atoms with van der Waals surface area (Å²) in [4.78, 5) is 0. The second kappa shape index (κ2) is 11.4. The molecule has 0 heteroatoms. The van der Waals surface area contributed by atoms with Crippen LogP contribution in [0.4, 0.5) is 0 Å². The smallest absolute Gasteiger partial charge is 0.0159 e. The SMILES string of the molecule is CCCC(C1CCC(C)CC1)C(C)C(C)Cc1ccc(C2CCC(C)CC2)c(C)c1C. The highest BCUT2D eigenvalue weighted by Crippen LogP contribution is 2.42. The largest absolute Gasteiger partial charge is 0.0654 e. The van der Waals surface area contributed by atoms with Crippen LogP contribution in [0, 0.1) is 49.4 Å². The molecular weight excluding hydrogens is 372 g/mol. The first-order valence-electron chi connectivity index (χ1n) is 13.9. The maximum atomic E-state index is 2.59. The highest BCUT2D eigenvalue weighted by atomic mass is 14.4. The fourth-order valence-corrected chi connectivity index (χ4v) is 7.06. The molecule has 31 heavy (non-hydrogen) atoms. The highest BCUT2D eigenvalue weighted by molar-refractivity contribution is 5.41. The van der Waals surface area contributed by atoms with Crippen LogP contribution in [-0.4, -0.2) is 0 Å².